The van der Waals surface area contributed by atoms with Gasteiger partial charge in [-0.05, 0) is 25.0 Å². The van der Waals surface area contributed by atoms with Crippen molar-refractivity contribution in [1.82, 2.24) is 9.13 Å². The van der Waals surface area contributed by atoms with Gasteiger partial charge in [-0.15, -0.1) is 0 Å². The van der Waals surface area contributed by atoms with Gasteiger partial charge >= 0.3 is 5.69 Å². The number of hydrogen-bond donors (Lipinski definition) is 1. The molecular weight excluding hydrogens is 266 g/mol. The van der Waals surface area contributed by atoms with Crippen LogP contribution in [0.3, 0.4) is 0 Å². The van der Waals surface area contributed by atoms with E-state index in [4.69, 9.17) is 10.2 Å². The number of furan rings is 1. The van der Waals surface area contributed by atoms with E-state index in [1.807, 2.05) is 42.7 Å². The molecule has 1 fully saturated rings. The minimum Gasteiger partial charge on any atom is -0.459 e. The van der Waals surface area contributed by atoms with Crippen molar-refractivity contribution in [3.05, 3.63) is 59.0 Å². The monoisotopic (exact) mass is 283 g/mol. The Morgan fingerprint density at radius 3 is 2.86 bits per heavy atom. The lowest BCUT2D eigenvalue weighted by Crippen LogP contribution is -2.28. The highest BCUT2D eigenvalue weighted by Gasteiger charge is 2.26. The Hall–Kier alpha value is -2.27. The Kier molecular flexibility index (Phi) is 2.75. The van der Waals surface area contributed by atoms with Crippen molar-refractivity contribution in [3.63, 3.8) is 0 Å². The lowest BCUT2D eigenvalue weighted by molar-refractivity contribution is 0.448. The third kappa shape index (κ3) is 2.19. The van der Waals surface area contributed by atoms with Crippen LogP contribution in [0.1, 0.15) is 30.7 Å². The molecule has 1 atom stereocenters. The van der Waals surface area contributed by atoms with Gasteiger partial charge in [-0.25, -0.2) is 4.79 Å². The minimum atomic E-state index is -0.329. The maximum Gasteiger partial charge on any atom is 0.328 e. The Labute approximate surface area is 121 Å². The Morgan fingerprint density at radius 1 is 1.29 bits per heavy atom. The highest BCUT2D eigenvalue weighted by molar-refractivity contribution is 5.77. The zero-order valence-corrected chi connectivity index (χ0v) is 11.6. The summed E-state index contributed by atoms with van der Waals surface area (Å²) in [5, 5.41) is 1.03. The molecule has 2 heterocycles. The first-order chi connectivity index (χ1) is 10.2. The zero-order chi connectivity index (χ0) is 14.4. The van der Waals surface area contributed by atoms with E-state index in [9.17, 15) is 4.79 Å². The maximum atomic E-state index is 12.2. The summed E-state index contributed by atoms with van der Waals surface area (Å²) in [5.74, 6) is 0.710. The molecule has 1 unspecified atom stereocenters. The average Bonchev–Trinajstić information content (AvgIpc) is 3.13. The van der Waals surface area contributed by atoms with Crippen LogP contribution in [0.2, 0.25) is 0 Å². The lowest BCUT2D eigenvalue weighted by atomic mass is 10.2. The van der Waals surface area contributed by atoms with E-state index < -0.39 is 0 Å². The first-order valence-corrected chi connectivity index (χ1v) is 7.24. The molecule has 0 aliphatic heterocycles. The van der Waals surface area contributed by atoms with Gasteiger partial charge in [0.2, 0.25) is 0 Å². The van der Waals surface area contributed by atoms with Crippen LogP contribution in [0.15, 0.2) is 51.9 Å². The van der Waals surface area contributed by atoms with Crippen LogP contribution in [0.25, 0.3) is 11.0 Å². The van der Waals surface area contributed by atoms with E-state index in [0.717, 1.165) is 23.8 Å². The molecule has 21 heavy (non-hydrogen) atoms. The molecule has 5 nitrogen and oxygen atoms in total. The molecule has 1 aliphatic carbocycles. The van der Waals surface area contributed by atoms with E-state index >= 15 is 0 Å². The van der Waals surface area contributed by atoms with Crippen LogP contribution in [0.5, 0.6) is 0 Å². The van der Waals surface area contributed by atoms with Gasteiger partial charge in [0.05, 0.1) is 6.04 Å². The van der Waals surface area contributed by atoms with Gasteiger partial charge in [0.1, 0.15) is 11.3 Å². The van der Waals surface area contributed by atoms with Gasteiger partial charge in [0.25, 0.3) is 0 Å². The summed E-state index contributed by atoms with van der Waals surface area (Å²) in [6, 6.07) is 9.82. The summed E-state index contributed by atoms with van der Waals surface area (Å²) in [7, 11) is 0. The molecule has 0 amide bonds. The van der Waals surface area contributed by atoms with Crippen molar-refractivity contribution >= 4 is 11.0 Å². The van der Waals surface area contributed by atoms with Gasteiger partial charge in [-0.2, -0.15) is 0 Å². The van der Waals surface area contributed by atoms with Crippen LogP contribution >= 0.6 is 0 Å². The molecule has 0 bridgehead atoms. The number of rotatable bonds is 4. The molecule has 3 aromatic rings. The van der Waals surface area contributed by atoms with Crippen molar-refractivity contribution < 1.29 is 4.42 Å². The summed E-state index contributed by atoms with van der Waals surface area (Å²) in [5.41, 5.74) is 7.04. The lowest BCUT2D eigenvalue weighted by Gasteiger charge is -2.08. The number of aromatic nitrogens is 2. The normalized spacial score (nSPS) is 16.4. The molecule has 2 N–H and O–H groups in total. The highest BCUT2D eigenvalue weighted by Crippen LogP contribution is 2.33. The second-order valence-electron chi connectivity index (χ2n) is 5.66. The summed E-state index contributed by atoms with van der Waals surface area (Å²) < 4.78 is 9.22. The third-order valence-corrected chi connectivity index (χ3v) is 4.02. The SMILES string of the molecule is NC(Cn1ccn(C2CC2)c1=O)c1cc2ccccc2o1. The van der Waals surface area contributed by atoms with E-state index in [-0.39, 0.29) is 11.7 Å². The van der Waals surface area contributed by atoms with Gasteiger partial charge in [-0.3, -0.25) is 9.13 Å². The maximum absolute atomic E-state index is 12.2. The van der Waals surface area contributed by atoms with Crippen LogP contribution < -0.4 is 11.4 Å². The van der Waals surface area contributed by atoms with E-state index in [1.54, 1.807) is 9.13 Å². The van der Waals surface area contributed by atoms with Gasteiger partial charge in [0.15, 0.2) is 0 Å². The minimum absolute atomic E-state index is 0.0176. The van der Waals surface area contributed by atoms with Crippen molar-refractivity contribution in [3.8, 4) is 0 Å². The number of imidazole rings is 1. The number of benzene rings is 1. The molecule has 4 rings (SSSR count). The Balaban J connectivity index is 1.60. The van der Waals surface area contributed by atoms with Crippen molar-refractivity contribution in [2.45, 2.75) is 31.5 Å². The summed E-state index contributed by atoms with van der Waals surface area (Å²) in [4.78, 5) is 12.2. The second-order valence-corrected chi connectivity index (χ2v) is 5.66. The van der Waals surface area contributed by atoms with Crippen LogP contribution in [0, 0.1) is 0 Å². The smallest absolute Gasteiger partial charge is 0.328 e. The molecule has 5 heteroatoms. The molecule has 1 saturated carbocycles. The Morgan fingerprint density at radius 2 is 2.10 bits per heavy atom. The van der Waals surface area contributed by atoms with Crippen LogP contribution in [-0.4, -0.2) is 9.13 Å². The molecule has 2 aromatic heterocycles. The molecule has 1 aliphatic rings. The van der Waals surface area contributed by atoms with Gasteiger partial charge < -0.3 is 10.2 Å². The summed E-state index contributed by atoms with van der Waals surface area (Å²) in [6.45, 7) is 0.429. The fraction of sp³-hybridized carbons (Fsp3) is 0.312. The number of hydrogen-bond acceptors (Lipinski definition) is 3. The molecule has 0 saturated heterocycles. The van der Waals surface area contributed by atoms with Gasteiger partial charge in [-0.1, -0.05) is 18.2 Å². The van der Waals surface area contributed by atoms with Crippen molar-refractivity contribution in [2.24, 2.45) is 5.73 Å². The highest BCUT2D eigenvalue weighted by atomic mass is 16.3. The molecular formula is C16H17N3O2. The fourth-order valence-corrected chi connectivity index (χ4v) is 2.68. The number of nitrogens with zero attached hydrogens (tertiary/aromatic N) is 2. The third-order valence-electron chi connectivity index (χ3n) is 4.02. The molecule has 0 radical (unpaired) electrons. The predicted octanol–water partition coefficient (Wildman–Crippen LogP) is 2.43. The topological polar surface area (TPSA) is 66.1 Å². The average molecular weight is 283 g/mol. The summed E-state index contributed by atoms with van der Waals surface area (Å²) >= 11 is 0. The quantitative estimate of drug-likeness (QED) is 0.799. The van der Waals surface area contributed by atoms with Crippen molar-refractivity contribution in [1.29, 1.82) is 0 Å². The van der Waals surface area contributed by atoms with Gasteiger partial charge in [0, 0.05) is 30.4 Å². The van der Waals surface area contributed by atoms with Crippen LogP contribution in [0.4, 0.5) is 0 Å². The second kappa shape index (κ2) is 4.63. The number of fused-ring (bicyclic) bond motifs is 1. The van der Waals surface area contributed by atoms with E-state index in [1.165, 1.54) is 0 Å². The molecule has 108 valence electrons. The standard InChI is InChI=1S/C16H17N3O2/c17-13(15-9-11-3-1-2-4-14(11)21-15)10-18-7-8-19(16(18)20)12-5-6-12/h1-4,7-9,12-13H,5-6,10,17H2. The molecule has 1 aromatic carbocycles. The largest absolute Gasteiger partial charge is 0.459 e. The first-order valence-electron chi connectivity index (χ1n) is 7.24. The summed E-state index contributed by atoms with van der Waals surface area (Å²) in [6.07, 6.45) is 5.85. The van der Waals surface area contributed by atoms with Crippen molar-refractivity contribution in [2.75, 3.05) is 0 Å². The molecule has 0 spiro atoms. The van der Waals surface area contributed by atoms with E-state index in [2.05, 4.69) is 0 Å². The fourth-order valence-electron chi connectivity index (χ4n) is 2.68. The first kappa shape index (κ1) is 12.5. The predicted molar refractivity (Wildman–Crippen MR) is 80.1 cm³/mol. The van der Waals surface area contributed by atoms with Crippen LogP contribution in [-0.2, 0) is 6.54 Å². The number of para-hydroxylation sites is 1. The Bertz CT molecular complexity index is 805. The zero-order valence-electron chi connectivity index (χ0n) is 11.6. The number of nitrogens with two attached hydrogens (primary N) is 1. The van der Waals surface area contributed by atoms with E-state index in [0.29, 0.717) is 18.3 Å².